The highest BCUT2D eigenvalue weighted by Gasteiger charge is 2.21. The van der Waals surface area contributed by atoms with E-state index >= 15 is 0 Å². The SMILES string of the molecule is O=C(NC[C@@H]1COc2ccccc2O1)c1cnc(Nc2ccccc2)nc1. The fraction of sp³-hybridized carbons (Fsp3) is 0.150. The van der Waals surface area contributed by atoms with Gasteiger partial charge in [-0.05, 0) is 24.3 Å². The summed E-state index contributed by atoms with van der Waals surface area (Å²) in [5, 5.41) is 5.90. The summed E-state index contributed by atoms with van der Waals surface area (Å²) in [6, 6.07) is 17.1. The van der Waals surface area contributed by atoms with E-state index in [1.807, 2.05) is 54.6 Å². The molecule has 0 radical (unpaired) electrons. The van der Waals surface area contributed by atoms with Crippen LogP contribution in [0.25, 0.3) is 0 Å². The molecule has 0 spiro atoms. The molecule has 0 aliphatic carbocycles. The largest absolute Gasteiger partial charge is 0.486 e. The number of ether oxygens (including phenoxy) is 2. The Hall–Kier alpha value is -3.61. The number of para-hydroxylation sites is 3. The van der Waals surface area contributed by atoms with Crippen LogP contribution in [0.5, 0.6) is 11.5 Å². The molecule has 7 nitrogen and oxygen atoms in total. The highest BCUT2D eigenvalue weighted by molar-refractivity contribution is 5.93. The molecule has 2 heterocycles. The summed E-state index contributed by atoms with van der Waals surface area (Å²) in [4.78, 5) is 20.7. The summed E-state index contributed by atoms with van der Waals surface area (Å²) < 4.78 is 11.5. The molecule has 7 heteroatoms. The maximum absolute atomic E-state index is 12.3. The Morgan fingerprint density at radius 3 is 2.48 bits per heavy atom. The first-order valence-corrected chi connectivity index (χ1v) is 8.59. The zero-order valence-electron chi connectivity index (χ0n) is 14.5. The topological polar surface area (TPSA) is 85.4 Å². The molecule has 0 saturated heterocycles. The van der Waals surface area contributed by atoms with Gasteiger partial charge in [-0.15, -0.1) is 0 Å². The average molecular weight is 362 g/mol. The number of fused-ring (bicyclic) bond motifs is 1. The maximum Gasteiger partial charge on any atom is 0.254 e. The second kappa shape index (κ2) is 7.74. The van der Waals surface area contributed by atoms with E-state index in [1.165, 1.54) is 12.4 Å². The molecule has 27 heavy (non-hydrogen) atoms. The lowest BCUT2D eigenvalue weighted by Crippen LogP contribution is -2.40. The van der Waals surface area contributed by atoms with Crippen molar-refractivity contribution in [2.24, 2.45) is 0 Å². The Morgan fingerprint density at radius 2 is 1.70 bits per heavy atom. The second-order valence-corrected chi connectivity index (χ2v) is 5.99. The molecular formula is C20H18N4O3. The number of aromatic nitrogens is 2. The van der Waals surface area contributed by atoms with Crippen molar-refractivity contribution < 1.29 is 14.3 Å². The summed E-state index contributed by atoms with van der Waals surface area (Å²) in [6.07, 6.45) is 2.73. The minimum atomic E-state index is -0.260. The van der Waals surface area contributed by atoms with E-state index in [9.17, 15) is 4.79 Å². The van der Waals surface area contributed by atoms with Gasteiger partial charge in [0.25, 0.3) is 5.91 Å². The zero-order valence-corrected chi connectivity index (χ0v) is 14.5. The summed E-state index contributed by atoms with van der Waals surface area (Å²) in [7, 11) is 0. The summed E-state index contributed by atoms with van der Waals surface area (Å²) in [5.74, 6) is 1.57. The van der Waals surface area contributed by atoms with Crippen LogP contribution in [0, 0.1) is 0 Å². The van der Waals surface area contributed by atoms with Crippen molar-refractivity contribution in [3.63, 3.8) is 0 Å². The zero-order chi connectivity index (χ0) is 18.5. The van der Waals surface area contributed by atoms with Crippen LogP contribution in [0.15, 0.2) is 67.0 Å². The van der Waals surface area contributed by atoms with Gasteiger partial charge in [0.15, 0.2) is 11.5 Å². The van der Waals surface area contributed by atoms with Crippen molar-refractivity contribution >= 4 is 17.5 Å². The molecule has 1 amide bonds. The Bertz CT molecular complexity index is 916. The number of hydrogen-bond donors (Lipinski definition) is 2. The first-order chi connectivity index (χ1) is 13.3. The lowest BCUT2D eigenvalue weighted by atomic mass is 10.2. The van der Waals surface area contributed by atoms with Gasteiger partial charge in [0.2, 0.25) is 5.95 Å². The predicted molar refractivity (Wildman–Crippen MR) is 100 cm³/mol. The summed E-state index contributed by atoms with van der Waals surface area (Å²) in [6.45, 7) is 0.713. The molecule has 0 saturated carbocycles. The molecule has 1 atom stereocenters. The van der Waals surface area contributed by atoms with E-state index in [2.05, 4.69) is 20.6 Å². The summed E-state index contributed by atoms with van der Waals surface area (Å²) in [5.41, 5.74) is 1.26. The van der Waals surface area contributed by atoms with Gasteiger partial charge in [0, 0.05) is 18.1 Å². The Kier molecular flexibility index (Phi) is 4.82. The minimum Gasteiger partial charge on any atom is -0.486 e. The number of carbonyl (C=O) groups excluding carboxylic acids is 1. The fourth-order valence-corrected chi connectivity index (χ4v) is 2.63. The standard InChI is InChI=1S/C20H18N4O3/c25-19(21-12-16-13-26-17-8-4-5-9-18(17)27-16)14-10-22-20(23-11-14)24-15-6-2-1-3-7-15/h1-11,16H,12-13H2,(H,21,25)(H,22,23,24)/t16-/m1/s1. The van der Waals surface area contributed by atoms with Gasteiger partial charge in [-0.25, -0.2) is 9.97 Å². The number of anilines is 2. The quantitative estimate of drug-likeness (QED) is 0.726. The van der Waals surface area contributed by atoms with Gasteiger partial charge in [0.05, 0.1) is 12.1 Å². The average Bonchev–Trinajstić information content (AvgIpc) is 2.73. The van der Waals surface area contributed by atoms with Crippen molar-refractivity contribution in [1.82, 2.24) is 15.3 Å². The van der Waals surface area contributed by atoms with Gasteiger partial charge >= 0.3 is 0 Å². The van der Waals surface area contributed by atoms with Crippen molar-refractivity contribution in [1.29, 1.82) is 0 Å². The van der Waals surface area contributed by atoms with Crippen LogP contribution < -0.4 is 20.1 Å². The monoisotopic (exact) mass is 362 g/mol. The number of hydrogen-bond acceptors (Lipinski definition) is 6. The molecule has 2 aromatic carbocycles. The first-order valence-electron chi connectivity index (χ1n) is 8.59. The fourth-order valence-electron chi connectivity index (χ4n) is 2.63. The molecule has 2 N–H and O–H groups in total. The highest BCUT2D eigenvalue weighted by atomic mass is 16.6. The molecule has 0 bridgehead atoms. The normalized spacial score (nSPS) is 15.0. The highest BCUT2D eigenvalue weighted by Crippen LogP contribution is 2.30. The molecule has 3 aromatic rings. The van der Waals surface area contributed by atoms with Gasteiger partial charge in [-0.3, -0.25) is 4.79 Å². The van der Waals surface area contributed by atoms with Crippen LogP contribution in [-0.4, -0.2) is 35.1 Å². The van der Waals surface area contributed by atoms with Crippen molar-refractivity contribution in [3.8, 4) is 11.5 Å². The molecule has 1 aliphatic heterocycles. The Balaban J connectivity index is 1.31. The van der Waals surface area contributed by atoms with E-state index in [0.29, 0.717) is 30.4 Å². The molecule has 0 unspecified atom stereocenters. The number of benzene rings is 2. The smallest absolute Gasteiger partial charge is 0.254 e. The van der Waals surface area contributed by atoms with Gasteiger partial charge in [-0.2, -0.15) is 0 Å². The number of carbonyl (C=O) groups is 1. The number of nitrogens with zero attached hydrogens (tertiary/aromatic N) is 2. The molecule has 136 valence electrons. The third-order valence-electron chi connectivity index (χ3n) is 4.00. The first kappa shape index (κ1) is 16.8. The van der Waals surface area contributed by atoms with Gasteiger partial charge in [0.1, 0.15) is 12.7 Å². The molecule has 1 aliphatic rings. The van der Waals surface area contributed by atoms with Gasteiger partial charge < -0.3 is 20.1 Å². The van der Waals surface area contributed by atoms with Crippen LogP contribution in [0.3, 0.4) is 0 Å². The number of rotatable bonds is 5. The van der Waals surface area contributed by atoms with Crippen LogP contribution in [-0.2, 0) is 0 Å². The van der Waals surface area contributed by atoms with E-state index in [-0.39, 0.29) is 12.0 Å². The van der Waals surface area contributed by atoms with Crippen molar-refractivity contribution in [3.05, 3.63) is 72.6 Å². The predicted octanol–water partition coefficient (Wildman–Crippen LogP) is 2.79. The molecule has 0 fully saturated rings. The second-order valence-electron chi connectivity index (χ2n) is 5.99. The Labute approximate surface area is 156 Å². The number of amides is 1. The van der Waals surface area contributed by atoms with Crippen LogP contribution >= 0.6 is 0 Å². The molecule has 4 rings (SSSR count). The van der Waals surface area contributed by atoms with Gasteiger partial charge in [-0.1, -0.05) is 30.3 Å². The van der Waals surface area contributed by atoms with Crippen LogP contribution in [0.4, 0.5) is 11.6 Å². The maximum atomic E-state index is 12.3. The lowest BCUT2D eigenvalue weighted by Gasteiger charge is -2.26. The van der Waals surface area contributed by atoms with Crippen molar-refractivity contribution in [2.75, 3.05) is 18.5 Å². The van der Waals surface area contributed by atoms with Crippen LogP contribution in [0.1, 0.15) is 10.4 Å². The third kappa shape index (κ3) is 4.14. The third-order valence-corrected chi connectivity index (χ3v) is 4.00. The van der Waals surface area contributed by atoms with E-state index < -0.39 is 0 Å². The number of nitrogens with one attached hydrogen (secondary N) is 2. The minimum absolute atomic E-state index is 0.246. The lowest BCUT2D eigenvalue weighted by molar-refractivity contribution is 0.0789. The molecule has 1 aromatic heterocycles. The van der Waals surface area contributed by atoms with Crippen LogP contribution in [0.2, 0.25) is 0 Å². The molecular weight excluding hydrogens is 344 g/mol. The van der Waals surface area contributed by atoms with E-state index in [4.69, 9.17) is 9.47 Å². The van der Waals surface area contributed by atoms with E-state index in [1.54, 1.807) is 0 Å². The Morgan fingerprint density at radius 1 is 1.00 bits per heavy atom. The summed E-state index contributed by atoms with van der Waals surface area (Å²) >= 11 is 0. The van der Waals surface area contributed by atoms with E-state index in [0.717, 1.165) is 11.4 Å². The van der Waals surface area contributed by atoms with Crippen molar-refractivity contribution in [2.45, 2.75) is 6.10 Å².